The summed E-state index contributed by atoms with van der Waals surface area (Å²) < 4.78 is 69.2. The number of halogens is 3. The van der Waals surface area contributed by atoms with Gasteiger partial charge in [-0.05, 0) is 31.0 Å². The first-order valence-corrected chi connectivity index (χ1v) is 9.62. The van der Waals surface area contributed by atoms with Crippen molar-refractivity contribution in [3.63, 3.8) is 0 Å². The number of anilines is 1. The Morgan fingerprint density at radius 1 is 1.15 bits per heavy atom. The van der Waals surface area contributed by atoms with Gasteiger partial charge in [-0.2, -0.15) is 0 Å². The molecule has 1 saturated heterocycles. The maximum Gasteiger partial charge on any atom is 0.573 e. The van der Waals surface area contributed by atoms with Crippen LogP contribution in [0.4, 0.5) is 19.1 Å². The summed E-state index contributed by atoms with van der Waals surface area (Å²) in [6, 6.07) is 5.83. The van der Waals surface area contributed by atoms with Crippen molar-refractivity contribution in [1.82, 2.24) is 14.7 Å². The molecule has 1 aliphatic rings. The number of para-hydroxylation sites is 1. The lowest BCUT2D eigenvalue weighted by molar-refractivity contribution is -0.275. The molecule has 2 heterocycles. The molecule has 11 heteroatoms. The average molecular weight is 402 g/mol. The average Bonchev–Trinajstić information content (AvgIpc) is 2.61. The standard InChI is InChI=1S/C16H17F3N4O3S/c17-16(18,19)26-13-6-1-2-7-14(13)27(24,25)22-12-5-3-10-23(11-12)15-20-8-4-9-21-15/h1-2,4,6-9,12,22H,3,5,10-11H2. The molecule has 1 atom stereocenters. The molecular formula is C16H17F3N4O3S. The Kier molecular flexibility index (Phi) is 5.51. The van der Waals surface area contributed by atoms with Gasteiger partial charge in [-0.1, -0.05) is 12.1 Å². The van der Waals surface area contributed by atoms with E-state index in [-0.39, 0.29) is 0 Å². The molecule has 1 unspecified atom stereocenters. The number of alkyl halides is 3. The molecule has 1 fully saturated rings. The van der Waals surface area contributed by atoms with Gasteiger partial charge in [0.15, 0.2) is 0 Å². The van der Waals surface area contributed by atoms with E-state index in [0.29, 0.717) is 31.9 Å². The SMILES string of the molecule is O=S(=O)(NC1CCCN(c2ncccn2)C1)c1ccccc1OC(F)(F)F. The fourth-order valence-corrected chi connectivity index (χ4v) is 4.26. The fraction of sp³-hybridized carbons (Fsp3) is 0.375. The van der Waals surface area contributed by atoms with E-state index in [1.807, 2.05) is 4.90 Å². The van der Waals surface area contributed by atoms with Crippen molar-refractivity contribution in [3.8, 4) is 5.75 Å². The highest BCUT2D eigenvalue weighted by molar-refractivity contribution is 7.89. The van der Waals surface area contributed by atoms with Crippen LogP contribution < -0.4 is 14.4 Å². The number of benzene rings is 1. The lowest BCUT2D eigenvalue weighted by Crippen LogP contribution is -2.48. The smallest absolute Gasteiger partial charge is 0.404 e. The van der Waals surface area contributed by atoms with Gasteiger partial charge < -0.3 is 9.64 Å². The minimum Gasteiger partial charge on any atom is -0.404 e. The molecule has 1 aromatic heterocycles. The molecule has 0 amide bonds. The van der Waals surface area contributed by atoms with Crippen LogP contribution in [0.3, 0.4) is 0 Å². The molecule has 2 aromatic rings. The normalized spacial score (nSPS) is 18.3. The number of piperidine rings is 1. The van der Waals surface area contributed by atoms with Crippen LogP contribution in [-0.2, 0) is 10.0 Å². The highest BCUT2D eigenvalue weighted by Crippen LogP contribution is 2.29. The summed E-state index contributed by atoms with van der Waals surface area (Å²) in [6.07, 6.45) is -0.587. The van der Waals surface area contributed by atoms with Gasteiger partial charge in [0.2, 0.25) is 16.0 Å². The number of nitrogens with zero attached hydrogens (tertiary/aromatic N) is 3. The van der Waals surface area contributed by atoms with Gasteiger partial charge in [0.25, 0.3) is 0 Å². The van der Waals surface area contributed by atoms with Gasteiger partial charge in [0.1, 0.15) is 10.6 Å². The van der Waals surface area contributed by atoms with Crippen LogP contribution in [0.25, 0.3) is 0 Å². The molecule has 0 saturated carbocycles. The van der Waals surface area contributed by atoms with Crippen LogP contribution in [0.1, 0.15) is 12.8 Å². The zero-order valence-corrected chi connectivity index (χ0v) is 14.9. The second-order valence-electron chi connectivity index (χ2n) is 5.95. The Morgan fingerprint density at radius 3 is 2.56 bits per heavy atom. The Hall–Kier alpha value is -2.40. The van der Waals surface area contributed by atoms with Crippen LogP contribution in [0, 0.1) is 0 Å². The maximum atomic E-state index is 12.6. The second-order valence-corrected chi connectivity index (χ2v) is 7.63. The van der Waals surface area contributed by atoms with E-state index in [4.69, 9.17) is 0 Å². The number of hydrogen-bond donors (Lipinski definition) is 1. The van der Waals surface area contributed by atoms with Crippen molar-refractivity contribution < 1.29 is 26.3 Å². The van der Waals surface area contributed by atoms with Gasteiger partial charge in [-0.25, -0.2) is 23.1 Å². The van der Waals surface area contributed by atoms with Gasteiger partial charge in [-0.3, -0.25) is 0 Å². The number of nitrogens with one attached hydrogen (secondary N) is 1. The van der Waals surface area contributed by atoms with Crippen LogP contribution in [-0.4, -0.2) is 43.9 Å². The number of rotatable bonds is 5. The summed E-state index contributed by atoms with van der Waals surface area (Å²) >= 11 is 0. The largest absolute Gasteiger partial charge is 0.573 e. The third kappa shape index (κ3) is 5.07. The van der Waals surface area contributed by atoms with E-state index in [1.54, 1.807) is 18.5 Å². The zero-order valence-electron chi connectivity index (χ0n) is 14.1. The molecule has 0 spiro atoms. The monoisotopic (exact) mass is 402 g/mol. The minimum atomic E-state index is -4.99. The molecule has 0 radical (unpaired) electrons. The van der Waals surface area contributed by atoms with E-state index in [9.17, 15) is 21.6 Å². The minimum absolute atomic E-state index is 0.311. The lowest BCUT2D eigenvalue weighted by Gasteiger charge is -2.33. The molecule has 146 valence electrons. The Balaban J connectivity index is 1.77. The zero-order chi connectivity index (χ0) is 19.5. The summed E-state index contributed by atoms with van der Waals surface area (Å²) in [6.45, 7) is 0.974. The van der Waals surface area contributed by atoms with E-state index in [1.165, 1.54) is 12.1 Å². The lowest BCUT2D eigenvalue weighted by atomic mass is 10.1. The molecule has 0 aliphatic carbocycles. The Labute approximate surface area is 154 Å². The van der Waals surface area contributed by atoms with Crippen molar-refractivity contribution in [1.29, 1.82) is 0 Å². The van der Waals surface area contributed by atoms with Crippen molar-refractivity contribution >= 4 is 16.0 Å². The van der Waals surface area contributed by atoms with Crippen molar-refractivity contribution in [2.24, 2.45) is 0 Å². The third-order valence-electron chi connectivity index (χ3n) is 3.94. The van der Waals surface area contributed by atoms with Crippen LogP contribution in [0.2, 0.25) is 0 Å². The third-order valence-corrected chi connectivity index (χ3v) is 5.50. The second kappa shape index (κ2) is 7.69. The summed E-state index contributed by atoms with van der Waals surface area (Å²) in [7, 11) is -4.21. The van der Waals surface area contributed by atoms with Gasteiger partial charge >= 0.3 is 6.36 Å². The number of ether oxygens (including phenoxy) is 1. The quantitative estimate of drug-likeness (QED) is 0.826. The van der Waals surface area contributed by atoms with Crippen LogP contribution >= 0.6 is 0 Å². The summed E-state index contributed by atoms with van der Waals surface area (Å²) in [5.41, 5.74) is 0. The molecule has 7 nitrogen and oxygen atoms in total. The number of sulfonamides is 1. The number of aromatic nitrogens is 2. The highest BCUT2D eigenvalue weighted by atomic mass is 32.2. The first-order chi connectivity index (χ1) is 12.7. The summed E-state index contributed by atoms with van der Waals surface area (Å²) in [5.74, 6) is -0.293. The van der Waals surface area contributed by atoms with E-state index >= 15 is 0 Å². The van der Waals surface area contributed by atoms with Crippen LogP contribution in [0.15, 0.2) is 47.6 Å². The van der Waals surface area contributed by atoms with Gasteiger partial charge in [-0.15, -0.1) is 13.2 Å². The van der Waals surface area contributed by atoms with Gasteiger partial charge in [0, 0.05) is 31.5 Å². The Morgan fingerprint density at radius 2 is 1.85 bits per heavy atom. The van der Waals surface area contributed by atoms with Crippen molar-refractivity contribution in [3.05, 3.63) is 42.7 Å². The predicted octanol–water partition coefficient (Wildman–Crippen LogP) is 2.32. The molecule has 27 heavy (non-hydrogen) atoms. The van der Waals surface area contributed by atoms with E-state index < -0.39 is 33.1 Å². The topological polar surface area (TPSA) is 84.4 Å². The first kappa shape index (κ1) is 19.4. The predicted molar refractivity (Wildman–Crippen MR) is 90.7 cm³/mol. The fourth-order valence-electron chi connectivity index (χ4n) is 2.87. The molecule has 1 aromatic carbocycles. The first-order valence-electron chi connectivity index (χ1n) is 8.14. The molecule has 3 rings (SSSR count). The molecule has 0 bridgehead atoms. The van der Waals surface area contributed by atoms with Crippen molar-refractivity contribution in [2.45, 2.75) is 30.1 Å². The molecule has 1 N–H and O–H groups in total. The highest BCUT2D eigenvalue weighted by Gasteiger charge is 2.35. The molecule has 1 aliphatic heterocycles. The summed E-state index contributed by atoms with van der Waals surface area (Å²) in [5, 5.41) is 0. The Bertz CT molecular complexity index is 878. The van der Waals surface area contributed by atoms with E-state index in [0.717, 1.165) is 12.1 Å². The number of hydrogen-bond acceptors (Lipinski definition) is 6. The maximum absolute atomic E-state index is 12.6. The van der Waals surface area contributed by atoms with Gasteiger partial charge in [0.05, 0.1) is 0 Å². The summed E-state index contributed by atoms with van der Waals surface area (Å²) in [4.78, 5) is 9.55. The van der Waals surface area contributed by atoms with Crippen molar-refractivity contribution in [2.75, 3.05) is 18.0 Å². The molecular weight excluding hydrogens is 385 g/mol. The van der Waals surface area contributed by atoms with Crippen LogP contribution in [0.5, 0.6) is 5.75 Å². The van der Waals surface area contributed by atoms with E-state index in [2.05, 4.69) is 19.4 Å².